The lowest BCUT2D eigenvalue weighted by molar-refractivity contribution is 0.233. The maximum absolute atomic E-state index is 12.4. The first kappa shape index (κ1) is 12.5. The van der Waals surface area contributed by atoms with Gasteiger partial charge in [-0.2, -0.15) is 0 Å². The van der Waals surface area contributed by atoms with Gasteiger partial charge in [0.1, 0.15) is 0 Å². The molecule has 3 N–H and O–H groups in total. The third-order valence-electron chi connectivity index (χ3n) is 4.01. The van der Waals surface area contributed by atoms with Crippen molar-refractivity contribution in [1.82, 2.24) is 5.32 Å². The van der Waals surface area contributed by atoms with Crippen LogP contribution in [0.25, 0.3) is 0 Å². The molecule has 0 aliphatic heterocycles. The Balaban J connectivity index is 1.73. The van der Waals surface area contributed by atoms with Gasteiger partial charge in [0.25, 0.3) is 0 Å². The summed E-state index contributed by atoms with van der Waals surface area (Å²) in [5, 5.41) is 3.13. The predicted octanol–water partition coefficient (Wildman–Crippen LogP) is 2.38. The molecule has 0 heterocycles. The number of nitrogens with zero attached hydrogens (tertiary/aromatic N) is 1. The second-order valence-corrected chi connectivity index (χ2v) is 5.55. The van der Waals surface area contributed by atoms with Crippen LogP contribution in [0.15, 0.2) is 24.3 Å². The molecule has 1 aromatic carbocycles. The summed E-state index contributed by atoms with van der Waals surface area (Å²) >= 11 is 0. The summed E-state index contributed by atoms with van der Waals surface area (Å²) in [6.45, 7) is 0.540. The summed E-state index contributed by atoms with van der Waals surface area (Å²) in [4.78, 5) is 14.3. The first-order chi connectivity index (χ1) is 9.28. The van der Waals surface area contributed by atoms with E-state index < -0.39 is 0 Å². The zero-order chi connectivity index (χ0) is 13.2. The SMILES string of the molecule is NCc1ccc(N(C(=O)NC2CCC2)C2CC2)cc1. The van der Waals surface area contributed by atoms with Gasteiger partial charge in [-0.3, -0.25) is 4.90 Å². The number of carbonyl (C=O) groups is 1. The Labute approximate surface area is 114 Å². The van der Waals surface area contributed by atoms with E-state index in [0.717, 1.165) is 36.9 Å². The van der Waals surface area contributed by atoms with Gasteiger partial charge >= 0.3 is 6.03 Å². The topological polar surface area (TPSA) is 58.4 Å². The van der Waals surface area contributed by atoms with Gasteiger partial charge in [-0.05, 0) is 49.8 Å². The minimum absolute atomic E-state index is 0.0627. The number of benzene rings is 1. The van der Waals surface area contributed by atoms with Crippen molar-refractivity contribution in [3.05, 3.63) is 29.8 Å². The summed E-state index contributed by atoms with van der Waals surface area (Å²) < 4.78 is 0. The van der Waals surface area contributed by atoms with Crippen LogP contribution >= 0.6 is 0 Å². The molecule has 2 fully saturated rings. The fourth-order valence-corrected chi connectivity index (χ4v) is 2.42. The van der Waals surface area contributed by atoms with Crippen LogP contribution in [0.5, 0.6) is 0 Å². The lowest BCUT2D eigenvalue weighted by atomic mass is 9.93. The van der Waals surface area contributed by atoms with Gasteiger partial charge in [-0.1, -0.05) is 12.1 Å². The van der Waals surface area contributed by atoms with E-state index in [4.69, 9.17) is 5.73 Å². The Morgan fingerprint density at radius 2 is 1.89 bits per heavy atom. The highest BCUT2D eigenvalue weighted by Gasteiger charge is 2.35. The van der Waals surface area contributed by atoms with E-state index in [-0.39, 0.29) is 6.03 Å². The van der Waals surface area contributed by atoms with E-state index in [1.54, 1.807) is 0 Å². The normalized spacial score (nSPS) is 18.8. The molecule has 2 aliphatic carbocycles. The summed E-state index contributed by atoms with van der Waals surface area (Å²) in [6.07, 6.45) is 5.69. The minimum Gasteiger partial charge on any atom is -0.335 e. The van der Waals surface area contributed by atoms with E-state index in [1.165, 1.54) is 6.42 Å². The van der Waals surface area contributed by atoms with Crippen LogP contribution in [0.4, 0.5) is 10.5 Å². The van der Waals surface area contributed by atoms with Crippen LogP contribution < -0.4 is 16.0 Å². The zero-order valence-electron chi connectivity index (χ0n) is 11.1. The lowest BCUT2D eigenvalue weighted by Gasteiger charge is -2.31. The number of hydrogen-bond donors (Lipinski definition) is 2. The fraction of sp³-hybridized carbons (Fsp3) is 0.533. The van der Waals surface area contributed by atoms with Gasteiger partial charge in [0.2, 0.25) is 0 Å². The summed E-state index contributed by atoms with van der Waals surface area (Å²) in [7, 11) is 0. The van der Waals surface area contributed by atoms with Crippen LogP contribution in [0.3, 0.4) is 0 Å². The van der Waals surface area contributed by atoms with Crippen molar-refractivity contribution in [1.29, 1.82) is 0 Å². The van der Waals surface area contributed by atoms with Crippen molar-refractivity contribution in [2.75, 3.05) is 4.90 Å². The highest BCUT2D eigenvalue weighted by molar-refractivity contribution is 5.93. The number of anilines is 1. The molecule has 0 bridgehead atoms. The quantitative estimate of drug-likeness (QED) is 0.872. The number of hydrogen-bond acceptors (Lipinski definition) is 2. The van der Waals surface area contributed by atoms with Crippen LogP contribution in [0.2, 0.25) is 0 Å². The van der Waals surface area contributed by atoms with Crippen molar-refractivity contribution < 1.29 is 4.79 Å². The Morgan fingerprint density at radius 1 is 1.21 bits per heavy atom. The molecule has 4 nitrogen and oxygen atoms in total. The van der Waals surface area contributed by atoms with Gasteiger partial charge in [-0.25, -0.2) is 4.79 Å². The Bertz CT molecular complexity index is 449. The molecule has 102 valence electrons. The van der Waals surface area contributed by atoms with E-state index in [0.29, 0.717) is 18.6 Å². The van der Waals surface area contributed by atoms with Crippen LogP contribution in [-0.4, -0.2) is 18.1 Å². The molecule has 0 saturated heterocycles. The zero-order valence-corrected chi connectivity index (χ0v) is 11.1. The Morgan fingerprint density at radius 3 is 2.37 bits per heavy atom. The third-order valence-corrected chi connectivity index (χ3v) is 4.01. The van der Waals surface area contributed by atoms with Crippen molar-refractivity contribution in [3.63, 3.8) is 0 Å². The van der Waals surface area contributed by atoms with Gasteiger partial charge in [0.15, 0.2) is 0 Å². The monoisotopic (exact) mass is 259 g/mol. The molecule has 0 atom stereocenters. The second-order valence-electron chi connectivity index (χ2n) is 5.55. The Kier molecular flexibility index (Phi) is 3.42. The highest BCUT2D eigenvalue weighted by Crippen LogP contribution is 2.32. The smallest absolute Gasteiger partial charge is 0.322 e. The molecule has 0 aromatic heterocycles. The maximum atomic E-state index is 12.4. The average molecular weight is 259 g/mol. The summed E-state index contributed by atoms with van der Waals surface area (Å²) in [5.74, 6) is 0. The van der Waals surface area contributed by atoms with E-state index >= 15 is 0 Å². The Hall–Kier alpha value is -1.55. The largest absolute Gasteiger partial charge is 0.335 e. The minimum atomic E-state index is 0.0627. The van der Waals surface area contributed by atoms with E-state index in [1.807, 2.05) is 29.2 Å². The number of amides is 2. The molecule has 2 saturated carbocycles. The number of urea groups is 1. The van der Waals surface area contributed by atoms with Gasteiger partial charge in [0, 0.05) is 24.3 Å². The first-order valence-electron chi connectivity index (χ1n) is 7.16. The molecule has 1 aromatic rings. The second kappa shape index (κ2) is 5.21. The maximum Gasteiger partial charge on any atom is 0.322 e. The average Bonchev–Trinajstić information content (AvgIpc) is 3.20. The van der Waals surface area contributed by atoms with Gasteiger partial charge in [-0.15, -0.1) is 0 Å². The molecular formula is C15H21N3O. The molecule has 4 heteroatoms. The molecule has 2 amide bonds. The number of nitrogens with one attached hydrogen (secondary N) is 1. The fourth-order valence-electron chi connectivity index (χ4n) is 2.42. The van der Waals surface area contributed by atoms with Gasteiger partial charge in [0.05, 0.1) is 0 Å². The lowest BCUT2D eigenvalue weighted by Crippen LogP contribution is -2.48. The standard InChI is InChI=1S/C15H21N3O/c16-10-11-4-6-13(7-5-11)18(14-8-9-14)15(19)17-12-2-1-3-12/h4-7,12,14H,1-3,8-10,16H2,(H,17,19). The van der Waals surface area contributed by atoms with Crippen molar-refractivity contribution in [2.24, 2.45) is 5.73 Å². The predicted molar refractivity (Wildman–Crippen MR) is 76.0 cm³/mol. The number of carbonyl (C=O) groups excluding carboxylic acids is 1. The molecule has 0 spiro atoms. The molecule has 19 heavy (non-hydrogen) atoms. The molecule has 2 aliphatic rings. The highest BCUT2D eigenvalue weighted by atomic mass is 16.2. The third kappa shape index (κ3) is 2.73. The molecule has 0 unspecified atom stereocenters. The van der Waals surface area contributed by atoms with E-state index in [9.17, 15) is 4.79 Å². The summed E-state index contributed by atoms with van der Waals surface area (Å²) in [5.41, 5.74) is 7.69. The number of nitrogens with two attached hydrogens (primary N) is 1. The van der Waals surface area contributed by atoms with Crippen molar-refractivity contribution >= 4 is 11.7 Å². The first-order valence-corrected chi connectivity index (χ1v) is 7.16. The van der Waals surface area contributed by atoms with Crippen LogP contribution in [0, 0.1) is 0 Å². The van der Waals surface area contributed by atoms with Crippen LogP contribution in [-0.2, 0) is 6.54 Å². The van der Waals surface area contributed by atoms with Crippen LogP contribution in [0.1, 0.15) is 37.7 Å². The van der Waals surface area contributed by atoms with Gasteiger partial charge < -0.3 is 11.1 Å². The molecular weight excluding hydrogens is 238 g/mol. The van der Waals surface area contributed by atoms with Crippen molar-refractivity contribution in [3.8, 4) is 0 Å². The molecule has 3 rings (SSSR count). The summed E-state index contributed by atoms with van der Waals surface area (Å²) in [6, 6.07) is 8.83. The van der Waals surface area contributed by atoms with E-state index in [2.05, 4.69) is 5.32 Å². The number of rotatable bonds is 4. The molecule has 0 radical (unpaired) electrons. The van der Waals surface area contributed by atoms with Crippen molar-refractivity contribution in [2.45, 2.75) is 50.7 Å².